The van der Waals surface area contributed by atoms with E-state index in [0.29, 0.717) is 24.1 Å². The summed E-state index contributed by atoms with van der Waals surface area (Å²) in [5.41, 5.74) is -0.409. The van der Waals surface area contributed by atoms with E-state index in [1.165, 1.54) is 6.07 Å². The van der Waals surface area contributed by atoms with Gasteiger partial charge in [-0.2, -0.15) is 13.2 Å². The highest BCUT2D eigenvalue weighted by atomic mass is 19.4. The Bertz CT molecular complexity index is 697. The number of hydrogen-bond donors (Lipinski definition) is 2. The summed E-state index contributed by atoms with van der Waals surface area (Å²) < 4.78 is 38.9. The van der Waals surface area contributed by atoms with E-state index < -0.39 is 29.4 Å². The molecule has 24 heavy (non-hydrogen) atoms. The number of rotatable bonds is 4. The zero-order valence-electron chi connectivity index (χ0n) is 12.9. The highest BCUT2D eigenvalue weighted by Gasteiger charge is 2.47. The third-order valence-corrected chi connectivity index (χ3v) is 4.67. The number of alkyl halides is 3. The lowest BCUT2D eigenvalue weighted by Crippen LogP contribution is -2.45. The predicted molar refractivity (Wildman–Crippen MR) is 82.2 cm³/mol. The standard InChI is InChI=1S/C18H18F3NO2/c19-18(20,21)13-5-3-4-12(8-13)17(9-14(23)10-17)11-16(24)15-6-1-2-7-22-15/h1-8,14,16,23-24H,9-11H2. The van der Waals surface area contributed by atoms with Crippen LogP contribution in [0, 0.1) is 0 Å². The number of hydrogen-bond acceptors (Lipinski definition) is 3. The van der Waals surface area contributed by atoms with Crippen molar-refractivity contribution >= 4 is 0 Å². The average Bonchev–Trinajstić information content (AvgIpc) is 2.53. The fraction of sp³-hybridized carbons (Fsp3) is 0.389. The van der Waals surface area contributed by atoms with Crippen LogP contribution in [0.5, 0.6) is 0 Å². The highest BCUT2D eigenvalue weighted by molar-refractivity contribution is 5.35. The zero-order chi connectivity index (χ0) is 17.4. The molecule has 1 heterocycles. The van der Waals surface area contributed by atoms with Gasteiger partial charge in [0, 0.05) is 11.6 Å². The number of aliphatic hydroxyl groups excluding tert-OH is 2. The van der Waals surface area contributed by atoms with E-state index in [1.807, 2.05) is 0 Å². The Kier molecular flexibility index (Phi) is 4.36. The molecule has 0 radical (unpaired) electrons. The maximum absolute atomic E-state index is 13.0. The van der Waals surface area contributed by atoms with Crippen molar-refractivity contribution < 1.29 is 23.4 Å². The number of pyridine rings is 1. The van der Waals surface area contributed by atoms with Crippen LogP contribution in [0.15, 0.2) is 48.7 Å². The van der Waals surface area contributed by atoms with Crippen LogP contribution in [-0.2, 0) is 11.6 Å². The normalized spacial score (nSPS) is 25.1. The van der Waals surface area contributed by atoms with Crippen LogP contribution in [0.25, 0.3) is 0 Å². The number of halogens is 3. The Morgan fingerprint density at radius 1 is 1.17 bits per heavy atom. The lowest BCUT2D eigenvalue weighted by molar-refractivity contribution is -0.137. The summed E-state index contributed by atoms with van der Waals surface area (Å²) in [4.78, 5) is 4.10. The van der Waals surface area contributed by atoms with E-state index in [0.717, 1.165) is 12.1 Å². The van der Waals surface area contributed by atoms with Gasteiger partial charge in [0.1, 0.15) is 0 Å². The Morgan fingerprint density at radius 2 is 1.92 bits per heavy atom. The van der Waals surface area contributed by atoms with Crippen molar-refractivity contribution in [1.82, 2.24) is 4.98 Å². The first-order valence-electron chi connectivity index (χ1n) is 7.75. The highest BCUT2D eigenvalue weighted by Crippen LogP contribution is 2.50. The van der Waals surface area contributed by atoms with E-state index >= 15 is 0 Å². The van der Waals surface area contributed by atoms with Crippen molar-refractivity contribution in [2.75, 3.05) is 0 Å². The summed E-state index contributed by atoms with van der Waals surface area (Å²) >= 11 is 0. The summed E-state index contributed by atoms with van der Waals surface area (Å²) in [6.07, 6.45) is -3.42. The average molecular weight is 337 g/mol. The van der Waals surface area contributed by atoms with Crippen molar-refractivity contribution in [3.8, 4) is 0 Å². The fourth-order valence-corrected chi connectivity index (χ4v) is 3.44. The predicted octanol–water partition coefficient (Wildman–Crippen LogP) is 3.62. The monoisotopic (exact) mass is 337 g/mol. The van der Waals surface area contributed by atoms with Gasteiger partial charge in [-0.3, -0.25) is 4.98 Å². The van der Waals surface area contributed by atoms with Gasteiger partial charge in [0.25, 0.3) is 0 Å². The molecule has 2 aromatic rings. The molecule has 0 saturated heterocycles. The maximum Gasteiger partial charge on any atom is 0.416 e. The van der Waals surface area contributed by atoms with Crippen molar-refractivity contribution in [3.63, 3.8) is 0 Å². The maximum atomic E-state index is 13.0. The molecule has 0 amide bonds. The second-order valence-electron chi connectivity index (χ2n) is 6.40. The molecule has 1 aromatic carbocycles. The molecule has 2 N–H and O–H groups in total. The minimum atomic E-state index is -4.42. The second kappa shape index (κ2) is 6.18. The SMILES string of the molecule is OC1CC(CC(O)c2ccccn2)(c2cccc(C(F)(F)F)c2)C1. The van der Waals surface area contributed by atoms with Gasteiger partial charge in [0.05, 0.1) is 23.5 Å². The third kappa shape index (κ3) is 3.30. The van der Waals surface area contributed by atoms with Crippen LogP contribution in [-0.4, -0.2) is 21.3 Å². The molecule has 1 atom stereocenters. The third-order valence-electron chi connectivity index (χ3n) is 4.67. The van der Waals surface area contributed by atoms with E-state index in [-0.39, 0.29) is 6.42 Å². The lowest BCUT2D eigenvalue weighted by atomic mass is 9.59. The van der Waals surface area contributed by atoms with Crippen molar-refractivity contribution in [3.05, 3.63) is 65.5 Å². The first-order valence-corrected chi connectivity index (χ1v) is 7.75. The van der Waals surface area contributed by atoms with Gasteiger partial charge < -0.3 is 10.2 Å². The largest absolute Gasteiger partial charge is 0.416 e. The molecule has 0 spiro atoms. The molecule has 128 valence electrons. The van der Waals surface area contributed by atoms with Crippen LogP contribution < -0.4 is 0 Å². The van der Waals surface area contributed by atoms with Gasteiger partial charge in [-0.15, -0.1) is 0 Å². The van der Waals surface area contributed by atoms with Crippen LogP contribution in [0.2, 0.25) is 0 Å². The molecular weight excluding hydrogens is 319 g/mol. The van der Waals surface area contributed by atoms with E-state index in [9.17, 15) is 23.4 Å². The fourth-order valence-electron chi connectivity index (χ4n) is 3.44. The van der Waals surface area contributed by atoms with Crippen molar-refractivity contribution in [2.24, 2.45) is 0 Å². The Morgan fingerprint density at radius 3 is 2.50 bits per heavy atom. The zero-order valence-corrected chi connectivity index (χ0v) is 12.9. The Balaban J connectivity index is 1.89. The molecule has 1 aliphatic carbocycles. The molecular formula is C18H18F3NO2. The smallest absolute Gasteiger partial charge is 0.393 e. The molecule has 6 heteroatoms. The first kappa shape index (κ1) is 16.9. The molecule has 0 aliphatic heterocycles. The van der Waals surface area contributed by atoms with Crippen molar-refractivity contribution in [1.29, 1.82) is 0 Å². The van der Waals surface area contributed by atoms with Crippen LogP contribution >= 0.6 is 0 Å². The summed E-state index contributed by atoms with van der Waals surface area (Å²) in [5.74, 6) is 0. The molecule has 3 nitrogen and oxygen atoms in total. The van der Waals surface area contributed by atoms with Gasteiger partial charge in [0.15, 0.2) is 0 Å². The molecule has 1 unspecified atom stereocenters. The van der Waals surface area contributed by atoms with Gasteiger partial charge in [-0.05, 0) is 43.0 Å². The minimum absolute atomic E-state index is 0.225. The summed E-state index contributed by atoms with van der Waals surface area (Å²) in [5, 5.41) is 20.2. The number of aliphatic hydroxyl groups is 2. The number of nitrogens with zero attached hydrogens (tertiary/aromatic N) is 1. The van der Waals surface area contributed by atoms with Crippen LogP contribution in [0.1, 0.15) is 42.2 Å². The number of aromatic nitrogens is 1. The van der Waals surface area contributed by atoms with Gasteiger partial charge in [-0.1, -0.05) is 24.3 Å². The Labute approximate surface area is 137 Å². The lowest BCUT2D eigenvalue weighted by Gasteiger charge is -2.47. The molecule has 1 saturated carbocycles. The second-order valence-corrected chi connectivity index (χ2v) is 6.40. The minimum Gasteiger partial charge on any atom is -0.393 e. The quantitative estimate of drug-likeness (QED) is 0.896. The summed E-state index contributed by atoms with van der Waals surface area (Å²) in [6, 6.07) is 10.3. The molecule has 1 aromatic heterocycles. The Hall–Kier alpha value is -1.92. The molecule has 1 aliphatic rings. The van der Waals surface area contributed by atoms with Crippen LogP contribution in [0.3, 0.4) is 0 Å². The summed E-state index contributed by atoms with van der Waals surface area (Å²) in [7, 11) is 0. The first-order chi connectivity index (χ1) is 11.3. The molecule has 0 bridgehead atoms. The van der Waals surface area contributed by atoms with E-state index in [4.69, 9.17) is 0 Å². The summed E-state index contributed by atoms with van der Waals surface area (Å²) in [6.45, 7) is 0. The van der Waals surface area contributed by atoms with E-state index in [1.54, 1.807) is 30.5 Å². The molecule has 1 fully saturated rings. The van der Waals surface area contributed by atoms with Crippen LogP contribution in [0.4, 0.5) is 13.2 Å². The van der Waals surface area contributed by atoms with Gasteiger partial charge in [0.2, 0.25) is 0 Å². The molecule has 3 rings (SSSR count). The topological polar surface area (TPSA) is 53.4 Å². The number of benzene rings is 1. The van der Waals surface area contributed by atoms with E-state index in [2.05, 4.69) is 4.98 Å². The van der Waals surface area contributed by atoms with Crippen molar-refractivity contribution in [2.45, 2.75) is 43.1 Å². The van der Waals surface area contributed by atoms with Gasteiger partial charge in [-0.25, -0.2) is 0 Å². The van der Waals surface area contributed by atoms with Gasteiger partial charge >= 0.3 is 6.18 Å².